The third-order valence-electron chi connectivity index (χ3n) is 4.82. The summed E-state index contributed by atoms with van der Waals surface area (Å²) in [7, 11) is -3.78. The van der Waals surface area contributed by atoms with Crippen molar-refractivity contribution in [3.05, 3.63) is 64.0 Å². The number of nitro groups is 1. The lowest BCUT2D eigenvalue weighted by molar-refractivity contribution is -0.384. The molecule has 0 spiro atoms. The molecule has 0 aliphatic carbocycles. The molecule has 0 bridgehead atoms. The van der Waals surface area contributed by atoms with Gasteiger partial charge in [0.2, 0.25) is 10.0 Å². The van der Waals surface area contributed by atoms with Crippen LogP contribution in [-0.2, 0) is 16.6 Å². The van der Waals surface area contributed by atoms with Gasteiger partial charge in [-0.1, -0.05) is 19.1 Å². The van der Waals surface area contributed by atoms with Crippen LogP contribution in [0.3, 0.4) is 0 Å². The fraction of sp³-hybridized carbons (Fsp3) is 0.368. The SMILES string of the molecule is C[C@H]1CCCN(S(=O)(=O)c2ccc(NCc3ccc(F)cc3)c([N+](=O)[O-])c2)C1. The van der Waals surface area contributed by atoms with Crippen LogP contribution in [0.5, 0.6) is 0 Å². The van der Waals surface area contributed by atoms with Gasteiger partial charge in [-0.25, -0.2) is 12.8 Å². The van der Waals surface area contributed by atoms with Gasteiger partial charge in [0, 0.05) is 25.7 Å². The Morgan fingerprint density at radius 1 is 1.25 bits per heavy atom. The van der Waals surface area contributed by atoms with E-state index in [0.717, 1.165) is 24.5 Å². The fourth-order valence-corrected chi connectivity index (χ4v) is 4.90. The summed E-state index contributed by atoms with van der Waals surface area (Å²) in [5, 5.41) is 14.4. The molecule has 0 amide bonds. The van der Waals surface area contributed by atoms with Crippen molar-refractivity contribution in [2.45, 2.75) is 31.2 Å². The predicted octanol–water partition coefficient (Wildman–Crippen LogP) is 3.77. The van der Waals surface area contributed by atoms with E-state index < -0.39 is 14.9 Å². The summed E-state index contributed by atoms with van der Waals surface area (Å²) in [6.45, 7) is 3.08. The minimum Gasteiger partial charge on any atom is -0.375 e. The Labute approximate surface area is 163 Å². The minimum absolute atomic E-state index is 0.0827. The van der Waals surface area contributed by atoms with Crippen LogP contribution in [0.15, 0.2) is 47.4 Å². The van der Waals surface area contributed by atoms with Crippen molar-refractivity contribution in [3.8, 4) is 0 Å². The number of hydrogen-bond donors (Lipinski definition) is 1. The van der Waals surface area contributed by atoms with Crippen LogP contribution in [0.4, 0.5) is 15.8 Å². The highest BCUT2D eigenvalue weighted by atomic mass is 32.2. The molecular formula is C19H22FN3O4S. The molecule has 1 aliphatic heterocycles. The van der Waals surface area contributed by atoms with Crippen molar-refractivity contribution >= 4 is 21.4 Å². The van der Waals surface area contributed by atoms with E-state index in [0.29, 0.717) is 13.1 Å². The van der Waals surface area contributed by atoms with Crippen molar-refractivity contribution in [2.75, 3.05) is 18.4 Å². The van der Waals surface area contributed by atoms with E-state index in [1.165, 1.54) is 28.6 Å². The molecule has 2 aromatic carbocycles. The van der Waals surface area contributed by atoms with Gasteiger partial charge in [0.15, 0.2) is 0 Å². The molecule has 7 nitrogen and oxygen atoms in total. The van der Waals surface area contributed by atoms with Crippen molar-refractivity contribution in [3.63, 3.8) is 0 Å². The quantitative estimate of drug-likeness (QED) is 0.581. The third kappa shape index (κ3) is 4.48. The van der Waals surface area contributed by atoms with Gasteiger partial charge < -0.3 is 5.32 Å². The number of sulfonamides is 1. The van der Waals surface area contributed by atoms with Crippen molar-refractivity contribution in [2.24, 2.45) is 5.92 Å². The zero-order valence-corrected chi connectivity index (χ0v) is 16.3. The predicted molar refractivity (Wildman–Crippen MR) is 104 cm³/mol. The number of benzene rings is 2. The van der Waals surface area contributed by atoms with E-state index >= 15 is 0 Å². The average molecular weight is 407 g/mol. The molecule has 0 aromatic heterocycles. The van der Waals surface area contributed by atoms with Gasteiger partial charge in [-0.2, -0.15) is 4.31 Å². The van der Waals surface area contributed by atoms with E-state index in [4.69, 9.17) is 0 Å². The van der Waals surface area contributed by atoms with Crippen LogP contribution < -0.4 is 5.32 Å². The Kier molecular flexibility index (Phi) is 5.95. The highest BCUT2D eigenvalue weighted by Gasteiger charge is 2.30. The van der Waals surface area contributed by atoms with Crippen molar-refractivity contribution in [1.82, 2.24) is 4.31 Å². The number of piperidine rings is 1. The first-order valence-corrected chi connectivity index (χ1v) is 10.5. The smallest absolute Gasteiger partial charge is 0.293 e. The van der Waals surface area contributed by atoms with E-state index in [2.05, 4.69) is 5.32 Å². The monoisotopic (exact) mass is 407 g/mol. The highest BCUT2D eigenvalue weighted by Crippen LogP contribution is 2.31. The fourth-order valence-electron chi connectivity index (χ4n) is 3.29. The normalized spacial score (nSPS) is 18.0. The van der Waals surface area contributed by atoms with E-state index in [1.54, 1.807) is 12.1 Å². The molecule has 1 fully saturated rings. The molecule has 0 unspecified atom stereocenters. The molecule has 1 heterocycles. The lowest BCUT2D eigenvalue weighted by Crippen LogP contribution is -2.39. The Hall–Kier alpha value is -2.52. The third-order valence-corrected chi connectivity index (χ3v) is 6.68. The Balaban J connectivity index is 1.84. The summed E-state index contributed by atoms with van der Waals surface area (Å²) < 4.78 is 40.1. The maximum atomic E-state index is 13.0. The van der Waals surface area contributed by atoms with Crippen molar-refractivity contribution in [1.29, 1.82) is 0 Å². The van der Waals surface area contributed by atoms with Crippen LogP contribution in [0.25, 0.3) is 0 Å². The number of nitrogens with zero attached hydrogens (tertiary/aromatic N) is 2. The highest BCUT2D eigenvalue weighted by molar-refractivity contribution is 7.89. The number of hydrogen-bond acceptors (Lipinski definition) is 5. The number of nitrogens with one attached hydrogen (secondary N) is 1. The molecule has 150 valence electrons. The second-order valence-electron chi connectivity index (χ2n) is 7.03. The zero-order valence-electron chi connectivity index (χ0n) is 15.5. The summed E-state index contributed by atoms with van der Waals surface area (Å²) in [4.78, 5) is 10.8. The zero-order chi connectivity index (χ0) is 20.3. The molecule has 3 rings (SSSR count). The molecule has 1 aliphatic rings. The summed E-state index contributed by atoms with van der Waals surface area (Å²) in [5.74, 6) is -0.105. The van der Waals surface area contributed by atoms with Crippen LogP contribution in [-0.4, -0.2) is 30.7 Å². The van der Waals surface area contributed by atoms with Crippen LogP contribution >= 0.6 is 0 Å². The van der Waals surface area contributed by atoms with E-state index in [9.17, 15) is 22.9 Å². The minimum atomic E-state index is -3.78. The van der Waals surface area contributed by atoms with Gasteiger partial charge in [0.1, 0.15) is 11.5 Å². The summed E-state index contributed by atoms with van der Waals surface area (Å²) in [6, 6.07) is 9.65. The van der Waals surface area contributed by atoms with Crippen LogP contribution in [0.2, 0.25) is 0 Å². The largest absolute Gasteiger partial charge is 0.375 e. The van der Waals surface area contributed by atoms with E-state index in [1.807, 2.05) is 6.92 Å². The molecule has 1 saturated heterocycles. The first-order chi connectivity index (χ1) is 13.3. The lowest BCUT2D eigenvalue weighted by Gasteiger charge is -2.30. The second-order valence-corrected chi connectivity index (χ2v) is 8.96. The molecular weight excluding hydrogens is 385 g/mol. The average Bonchev–Trinajstić information content (AvgIpc) is 2.67. The standard InChI is InChI=1S/C19H22FN3O4S/c1-14-3-2-10-22(13-14)28(26,27)17-8-9-18(19(11-17)23(24)25)21-12-15-4-6-16(20)7-5-15/h4-9,11,14,21H,2-3,10,12-13H2,1H3/t14-/m0/s1. The molecule has 0 saturated carbocycles. The number of rotatable bonds is 6. The van der Waals surface area contributed by atoms with Gasteiger partial charge in [-0.3, -0.25) is 10.1 Å². The van der Waals surface area contributed by atoms with Gasteiger partial charge >= 0.3 is 0 Å². The van der Waals surface area contributed by atoms with E-state index in [-0.39, 0.29) is 34.6 Å². The Morgan fingerprint density at radius 3 is 2.61 bits per heavy atom. The lowest BCUT2D eigenvalue weighted by atomic mass is 10.0. The van der Waals surface area contributed by atoms with Crippen LogP contribution in [0.1, 0.15) is 25.3 Å². The molecule has 0 radical (unpaired) electrons. The van der Waals surface area contributed by atoms with Crippen LogP contribution in [0, 0.1) is 21.8 Å². The van der Waals surface area contributed by atoms with Gasteiger partial charge in [-0.15, -0.1) is 0 Å². The first kappa shape index (κ1) is 20.2. The second kappa shape index (κ2) is 8.24. The maximum absolute atomic E-state index is 13.0. The van der Waals surface area contributed by atoms with Crippen molar-refractivity contribution < 1.29 is 17.7 Å². The molecule has 9 heteroatoms. The number of anilines is 1. The molecule has 28 heavy (non-hydrogen) atoms. The Morgan fingerprint density at radius 2 is 1.96 bits per heavy atom. The number of nitro benzene ring substituents is 1. The summed E-state index contributed by atoms with van der Waals surface area (Å²) >= 11 is 0. The molecule has 1 N–H and O–H groups in total. The number of halogens is 1. The summed E-state index contributed by atoms with van der Waals surface area (Å²) in [6.07, 6.45) is 1.75. The van der Waals surface area contributed by atoms with Gasteiger partial charge in [0.05, 0.1) is 9.82 Å². The van der Waals surface area contributed by atoms with Gasteiger partial charge in [-0.05, 0) is 48.6 Å². The maximum Gasteiger partial charge on any atom is 0.293 e. The molecule has 1 atom stereocenters. The summed E-state index contributed by atoms with van der Waals surface area (Å²) in [5.41, 5.74) is 0.642. The topological polar surface area (TPSA) is 92.6 Å². The first-order valence-electron chi connectivity index (χ1n) is 9.04. The molecule has 2 aromatic rings. The van der Waals surface area contributed by atoms with Gasteiger partial charge in [0.25, 0.3) is 5.69 Å². The Bertz CT molecular complexity index is 964.